The van der Waals surface area contributed by atoms with Gasteiger partial charge in [-0.3, -0.25) is 4.79 Å². The predicted molar refractivity (Wildman–Crippen MR) is 95.0 cm³/mol. The lowest BCUT2D eigenvalue weighted by Crippen LogP contribution is -2.14. The van der Waals surface area contributed by atoms with Gasteiger partial charge in [-0.2, -0.15) is 28.3 Å². The van der Waals surface area contributed by atoms with E-state index in [-0.39, 0.29) is 17.0 Å². The lowest BCUT2D eigenvalue weighted by atomic mass is 10.1. The first-order valence-electron chi connectivity index (χ1n) is 7.95. The van der Waals surface area contributed by atoms with Gasteiger partial charge in [0.05, 0.1) is 17.4 Å². The fourth-order valence-corrected chi connectivity index (χ4v) is 2.29. The summed E-state index contributed by atoms with van der Waals surface area (Å²) in [5.74, 6) is -0.851. The minimum absolute atomic E-state index is 0.0751. The van der Waals surface area contributed by atoms with Crippen LogP contribution in [0.4, 0.5) is 18.9 Å². The largest absolute Gasteiger partial charge is 0.416 e. The quantitative estimate of drug-likeness (QED) is 0.548. The molecule has 1 aromatic heterocycles. The average molecular weight is 383 g/mol. The Morgan fingerprint density at radius 3 is 2.57 bits per heavy atom. The third-order valence-corrected chi connectivity index (χ3v) is 3.60. The van der Waals surface area contributed by atoms with Crippen LogP contribution in [0.1, 0.15) is 11.3 Å². The summed E-state index contributed by atoms with van der Waals surface area (Å²) in [4.78, 5) is 13.6. The normalized spacial score (nSPS) is 11.7. The van der Waals surface area contributed by atoms with Gasteiger partial charge in [0.25, 0.3) is 5.91 Å². The fraction of sp³-hybridized carbons (Fsp3) is 0.0526. The van der Waals surface area contributed by atoms with Crippen LogP contribution >= 0.6 is 0 Å². The number of alkyl halides is 3. The molecule has 0 fully saturated rings. The van der Waals surface area contributed by atoms with Gasteiger partial charge < -0.3 is 5.32 Å². The van der Waals surface area contributed by atoms with E-state index >= 15 is 0 Å². The van der Waals surface area contributed by atoms with E-state index in [1.807, 2.05) is 6.07 Å². The minimum Gasteiger partial charge on any atom is -0.321 e. The number of rotatable bonds is 4. The van der Waals surface area contributed by atoms with Crippen LogP contribution in [-0.4, -0.2) is 20.9 Å². The zero-order chi connectivity index (χ0) is 20.1. The van der Waals surface area contributed by atoms with Crippen molar-refractivity contribution in [1.29, 1.82) is 5.26 Å². The lowest BCUT2D eigenvalue weighted by Gasteiger charge is -2.09. The molecule has 2 aromatic carbocycles. The van der Waals surface area contributed by atoms with Crippen molar-refractivity contribution >= 4 is 17.7 Å². The first kappa shape index (κ1) is 18.8. The van der Waals surface area contributed by atoms with Gasteiger partial charge in [-0.1, -0.05) is 24.3 Å². The van der Waals surface area contributed by atoms with Gasteiger partial charge in [0.1, 0.15) is 17.3 Å². The van der Waals surface area contributed by atoms with E-state index < -0.39 is 17.6 Å². The van der Waals surface area contributed by atoms with Crippen molar-refractivity contribution in [2.45, 2.75) is 6.18 Å². The molecule has 1 N–H and O–H groups in total. The van der Waals surface area contributed by atoms with Crippen LogP contribution in [0.3, 0.4) is 0 Å². The number of nitrogens with zero attached hydrogens (tertiary/aromatic N) is 4. The molecule has 0 radical (unpaired) electrons. The molecule has 140 valence electrons. The Balaban J connectivity index is 1.79. The number of hydrogen-bond acceptors (Lipinski definition) is 4. The van der Waals surface area contributed by atoms with Crippen LogP contribution < -0.4 is 5.32 Å². The molecule has 3 rings (SSSR count). The second-order valence-corrected chi connectivity index (χ2v) is 5.60. The summed E-state index contributed by atoms with van der Waals surface area (Å²) >= 11 is 0. The maximum atomic E-state index is 12.8. The molecule has 0 aliphatic heterocycles. The Labute approximate surface area is 157 Å². The maximum Gasteiger partial charge on any atom is 0.416 e. The van der Waals surface area contributed by atoms with Crippen LogP contribution in [0.15, 0.2) is 66.4 Å². The monoisotopic (exact) mass is 383 g/mol. The van der Waals surface area contributed by atoms with Crippen LogP contribution in [0.2, 0.25) is 0 Å². The van der Waals surface area contributed by atoms with E-state index in [1.165, 1.54) is 29.2 Å². The second-order valence-electron chi connectivity index (χ2n) is 5.60. The molecular weight excluding hydrogens is 371 g/mol. The van der Waals surface area contributed by atoms with E-state index in [9.17, 15) is 23.2 Å². The summed E-state index contributed by atoms with van der Waals surface area (Å²) < 4.78 is 38.3. The maximum absolute atomic E-state index is 12.8. The highest BCUT2D eigenvalue weighted by molar-refractivity contribution is 6.09. The predicted octanol–water partition coefficient (Wildman–Crippen LogP) is 3.83. The third-order valence-electron chi connectivity index (χ3n) is 3.60. The van der Waals surface area contributed by atoms with Crippen LogP contribution in [0, 0.1) is 11.3 Å². The molecule has 0 unspecified atom stereocenters. The summed E-state index contributed by atoms with van der Waals surface area (Å²) in [5.41, 5.74) is -0.362. The smallest absolute Gasteiger partial charge is 0.321 e. The highest BCUT2D eigenvalue weighted by atomic mass is 19.4. The second kappa shape index (κ2) is 7.75. The number of nitriles is 1. The summed E-state index contributed by atoms with van der Waals surface area (Å²) in [6.07, 6.45) is -1.97. The Morgan fingerprint density at radius 2 is 1.89 bits per heavy atom. The van der Waals surface area contributed by atoms with Crippen molar-refractivity contribution in [3.05, 3.63) is 77.6 Å². The summed E-state index contributed by atoms with van der Waals surface area (Å²) in [7, 11) is 0. The molecule has 0 atom stereocenters. The molecule has 28 heavy (non-hydrogen) atoms. The molecule has 0 bridgehead atoms. The van der Waals surface area contributed by atoms with E-state index in [4.69, 9.17) is 0 Å². The number of nitrogens with one attached hydrogen (secondary N) is 1. The van der Waals surface area contributed by atoms with Gasteiger partial charge in [-0.25, -0.2) is 0 Å². The number of amides is 1. The van der Waals surface area contributed by atoms with Crippen molar-refractivity contribution in [2.75, 3.05) is 5.32 Å². The van der Waals surface area contributed by atoms with Crippen molar-refractivity contribution in [1.82, 2.24) is 15.0 Å². The molecule has 0 aliphatic rings. The van der Waals surface area contributed by atoms with Gasteiger partial charge in [0.2, 0.25) is 0 Å². The van der Waals surface area contributed by atoms with Crippen LogP contribution in [0.25, 0.3) is 11.8 Å². The van der Waals surface area contributed by atoms with Gasteiger partial charge >= 0.3 is 6.18 Å². The minimum atomic E-state index is -4.54. The number of benzene rings is 2. The number of carbonyl (C=O) groups is 1. The Hall–Kier alpha value is -3.93. The van der Waals surface area contributed by atoms with Gasteiger partial charge in [0.15, 0.2) is 0 Å². The molecular formula is C19H12F3N5O. The van der Waals surface area contributed by atoms with E-state index in [2.05, 4.69) is 15.5 Å². The fourth-order valence-electron chi connectivity index (χ4n) is 2.29. The molecule has 1 amide bonds. The highest BCUT2D eigenvalue weighted by Crippen LogP contribution is 2.30. The molecule has 0 saturated heterocycles. The highest BCUT2D eigenvalue weighted by Gasteiger charge is 2.30. The Bertz CT molecular complexity index is 1060. The lowest BCUT2D eigenvalue weighted by molar-refractivity contribution is -0.137. The summed E-state index contributed by atoms with van der Waals surface area (Å²) in [6.45, 7) is 0. The van der Waals surface area contributed by atoms with Crippen LogP contribution in [0.5, 0.6) is 0 Å². The summed E-state index contributed by atoms with van der Waals surface area (Å²) in [5, 5.41) is 19.7. The van der Waals surface area contributed by atoms with Crippen molar-refractivity contribution in [2.24, 2.45) is 0 Å². The van der Waals surface area contributed by atoms with Gasteiger partial charge in [-0.15, -0.1) is 5.10 Å². The van der Waals surface area contributed by atoms with Crippen molar-refractivity contribution in [3.63, 3.8) is 0 Å². The molecule has 0 spiro atoms. The molecule has 6 nitrogen and oxygen atoms in total. The van der Waals surface area contributed by atoms with Crippen molar-refractivity contribution < 1.29 is 18.0 Å². The molecule has 3 aromatic rings. The number of aromatic nitrogens is 3. The van der Waals surface area contributed by atoms with E-state index in [0.717, 1.165) is 12.1 Å². The first-order chi connectivity index (χ1) is 13.4. The number of halogens is 3. The standard InChI is InChI=1S/C19H12F3N5O/c20-19(21,22)14-5-4-6-15(10-14)25-18(28)13(11-23)9-16-12-24-27(26-16)17-7-2-1-3-8-17/h1-10,12H,(H,25,28). The van der Waals surface area contributed by atoms with Gasteiger partial charge in [-0.05, 0) is 36.4 Å². The van der Waals surface area contributed by atoms with E-state index in [1.54, 1.807) is 30.3 Å². The third kappa shape index (κ3) is 4.42. The zero-order valence-electron chi connectivity index (χ0n) is 14.2. The molecule has 0 saturated carbocycles. The van der Waals surface area contributed by atoms with E-state index in [0.29, 0.717) is 5.69 Å². The average Bonchev–Trinajstić information content (AvgIpc) is 3.15. The Morgan fingerprint density at radius 1 is 1.14 bits per heavy atom. The number of para-hydroxylation sites is 1. The molecule has 1 heterocycles. The summed E-state index contributed by atoms with van der Waals surface area (Å²) in [6, 6.07) is 14.9. The van der Waals surface area contributed by atoms with Crippen molar-refractivity contribution in [3.8, 4) is 11.8 Å². The first-order valence-corrected chi connectivity index (χ1v) is 7.95. The zero-order valence-corrected chi connectivity index (χ0v) is 14.2. The molecule has 9 heteroatoms. The van der Waals surface area contributed by atoms with Gasteiger partial charge in [0, 0.05) is 5.69 Å². The topological polar surface area (TPSA) is 83.6 Å². The number of hydrogen-bond donors (Lipinski definition) is 1. The number of carbonyl (C=O) groups excluding carboxylic acids is 1. The number of anilines is 1. The van der Waals surface area contributed by atoms with Crippen LogP contribution in [-0.2, 0) is 11.0 Å². The SMILES string of the molecule is N#CC(=Cc1cnn(-c2ccccc2)n1)C(=O)Nc1cccc(C(F)(F)F)c1. The molecule has 0 aliphatic carbocycles. The Kier molecular flexibility index (Phi) is 5.22.